The molecule has 4 nitrogen and oxygen atoms in total. The standard InChI is InChI=1S/C22H26N2O2S/c1-16(27-18-12-6-3-7-13-18)21(25)24-20-15-9-8-14-19(20)22(26)23-17-10-4-2-5-11-17/h3,6-9,12-17H,2,4-5,10-11H2,1H3,(H,23,26)(H,24,25)/t16-/m0/s1. The average Bonchev–Trinajstić information content (AvgIpc) is 2.70. The zero-order chi connectivity index (χ0) is 19.1. The normalized spacial score (nSPS) is 15.7. The van der Waals surface area contributed by atoms with Gasteiger partial charge >= 0.3 is 0 Å². The summed E-state index contributed by atoms with van der Waals surface area (Å²) < 4.78 is 0. The van der Waals surface area contributed by atoms with Crippen LogP contribution < -0.4 is 10.6 Å². The summed E-state index contributed by atoms with van der Waals surface area (Å²) in [4.78, 5) is 26.4. The predicted octanol–water partition coefficient (Wildman–Crippen LogP) is 4.87. The number of amides is 2. The highest BCUT2D eigenvalue weighted by molar-refractivity contribution is 8.00. The number of benzene rings is 2. The fourth-order valence-electron chi connectivity index (χ4n) is 3.29. The molecule has 1 saturated carbocycles. The van der Waals surface area contributed by atoms with Crippen LogP contribution in [-0.4, -0.2) is 23.1 Å². The van der Waals surface area contributed by atoms with Gasteiger partial charge in [0.1, 0.15) is 0 Å². The fraction of sp³-hybridized carbons (Fsp3) is 0.364. The van der Waals surface area contributed by atoms with Crippen molar-refractivity contribution >= 4 is 29.3 Å². The molecule has 1 fully saturated rings. The Morgan fingerprint density at radius 3 is 2.37 bits per heavy atom. The van der Waals surface area contributed by atoms with Gasteiger partial charge in [-0.25, -0.2) is 0 Å². The van der Waals surface area contributed by atoms with Gasteiger partial charge in [-0.2, -0.15) is 0 Å². The number of carbonyl (C=O) groups is 2. The van der Waals surface area contributed by atoms with Crippen LogP contribution in [0, 0.1) is 0 Å². The number of rotatable bonds is 6. The minimum absolute atomic E-state index is 0.109. The largest absolute Gasteiger partial charge is 0.349 e. The number of para-hydroxylation sites is 1. The summed E-state index contributed by atoms with van der Waals surface area (Å²) >= 11 is 1.50. The van der Waals surface area contributed by atoms with E-state index in [0.29, 0.717) is 11.3 Å². The van der Waals surface area contributed by atoms with E-state index in [1.54, 1.807) is 12.1 Å². The third-order valence-electron chi connectivity index (χ3n) is 4.80. The van der Waals surface area contributed by atoms with Crippen molar-refractivity contribution in [2.24, 2.45) is 0 Å². The Bertz CT molecular complexity index is 773. The van der Waals surface area contributed by atoms with Gasteiger partial charge in [-0.1, -0.05) is 49.6 Å². The van der Waals surface area contributed by atoms with Crippen molar-refractivity contribution in [3.8, 4) is 0 Å². The second-order valence-electron chi connectivity index (χ2n) is 6.92. The highest BCUT2D eigenvalue weighted by Crippen LogP contribution is 2.25. The topological polar surface area (TPSA) is 58.2 Å². The molecule has 2 amide bonds. The quantitative estimate of drug-likeness (QED) is 0.701. The number of hydrogen-bond donors (Lipinski definition) is 2. The molecule has 2 aromatic carbocycles. The van der Waals surface area contributed by atoms with Crippen molar-refractivity contribution in [2.45, 2.75) is 55.2 Å². The lowest BCUT2D eigenvalue weighted by Gasteiger charge is -2.23. The lowest BCUT2D eigenvalue weighted by atomic mass is 9.95. The van der Waals surface area contributed by atoms with E-state index >= 15 is 0 Å². The zero-order valence-electron chi connectivity index (χ0n) is 15.6. The average molecular weight is 383 g/mol. The Hall–Kier alpha value is -2.27. The summed E-state index contributed by atoms with van der Waals surface area (Å²) in [5, 5.41) is 5.79. The Morgan fingerprint density at radius 1 is 0.963 bits per heavy atom. The molecule has 0 saturated heterocycles. The first-order valence-corrected chi connectivity index (χ1v) is 10.4. The van der Waals surface area contributed by atoms with Crippen molar-refractivity contribution in [2.75, 3.05) is 5.32 Å². The molecule has 1 atom stereocenters. The van der Waals surface area contributed by atoms with E-state index in [1.807, 2.05) is 49.4 Å². The molecule has 142 valence electrons. The molecule has 2 N–H and O–H groups in total. The molecule has 1 aliphatic rings. The van der Waals surface area contributed by atoms with Gasteiger partial charge in [0.05, 0.1) is 16.5 Å². The molecule has 0 radical (unpaired) electrons. The van der Waals surface area contributed by atoms with E-state index in [4.69, 9.17) is 0 Å². The summed E-state index contributed by atoms with van der Waals surface area (Å²) in [5.41, 5.74) is 1.09. The van der Waals surface area contributed by atoms with E-state index in [9.17, 15) is 9.59 Å². The first-order valence-electron chi connectivity index (χ1n) is 9.56. The van der Waals surface area contributed by atoms with Crippen molar-refractivity contribution in [1.82, 2.24) is 5.32 Å². The second kappa shape index (κ2) is 9.60. The number of thioether (sulfide) groups is 1. The minimum atomic E-state index is -0.262. The second-order valence-corrected chi connectivity index (χ2v) is 8.33. The molecule has 1 aliphatic carbocycles. The molecule has 2 aromatic rings. The summed E-state index contributed by atoms with van der Waals surface area (Å²) in [5.74, 6) is -0.220. The number of carbonyl (C=O) groups excluding carboxylic acids is 2. The Morgan fingerprint density at radius 2 is 1.63 bits per heavy atom. The van der Waals surface area contributed by atoms with Crippen LogP contribution in [0.25, 0.3) is 0 Å². The smallest absolute Gasteiger partial charge is 0.253 e. The van der Waals surface area contributed by atoms with Crippen LogP contribution in [0.5, 0.6) is 0 Å². The van der Waals surface area contributed by atoms with Gasteiger partial charge in [-0.15, -0.1) is 11.8 Å². The molecular formula is C22H26N2O2S. The Kier molecular flexibility index (Phi) is 6.93. The van der Waals surface area contributed by atoms with Gasteiger partial charge in [0.2, 0.25) is 5.91 Å². The predicted molar refractivity (Wildman–Crippen MR) is 111 cm³/mol. The van der Waals surface area contributed by atoms with Crippen LogP contribution >= 0.6 is 11.8 Å². The van der Waals surface area contributed by atoms with E-state index in [1.165, 1.54) is 18.2 Å². The summed E-state index contributed by atoms with van der Waals surface area (Å²) in [6.45, 7) is 1.87. The first kappa shape index (κ1) is 19.5. The van der Waals surface area contributed by atoms with Crippen molar-refractivity contribution in [1.29, 1.82) is 0 Å². The minimum Gasteiger partial charge on any atom is -0.349 e. The molecule has 0 heterocycles. The van der Waals surface area contributed by atoms with E-state index in [0.717, 1.165) is 30.6 Å². The van der Waals surface area contributed by atoms with Crippen LogP contribution in [-0.2, 0) is 4.79 Å². The third-order valence-corrected chi connectivity index (χ3v) is 5.91. The maximum Gasteiger partial charge on any atom is 0.253 e. The van der Waals surface area contributed by atoms with Crippen molar-refractivity contribution < 1.29 is 9.59 Å². The monoisotopic (exact) mass is 382 g/mol. The molecule has 0 aliphatic heterocycles. The van der Waals surface area contributed by atoms with Gasteiger partial charge in [-0.05, 0) is 44.0 Å². The SMILES string of the molecule is C[C@H](Sc1ccccc1)C(=O)Nc1ccccc1C(=O)NC1CCCCC1. The van der Waals surface area contributed by atoms with Crippen LogP contribution in [0.2, 0.25) is 0 Å². The zero-order valence-corrected chi connectivity index (χ0v) is 16.4. The molecule has 0 unspecified atom stereocenters. The first-order chi connectivity index (χ1) is 13.1. The summed E-state index contributed by atoms with van der Waals surface area (Å²) in [7, 11) is 0. The van der Waals surface area contributed by atoms with E-state index < -0.39 is 0 Å². The maximum atomic E-state index is 12.7. The molecule has 27 heavy (non-hydrogen) atoms. The molecule has 3 rings (SSSR count). The van der Waals surface area contributed by atoms with Crippen LogP contribution in [0.3, 0.4) is 0 Å². The number of hydrogen-bond acceptors (Lipinski definition) is 3. The fourth-order valence-corrected chi connectivity index (χ4v) is 4.18. The molecule has 5 heteroatoms. The van der Waals surface area contributed by atoms with Gasteiger partial charge < -0.3 is 10.6 Å². The van der Waals surface area contributed by atoms with Crippen LogP contribution in [0.1, 0.15) is 49.4 Å². The van der Waals surface area contributed by atoms with Gasteiger partial charge in [-0.3, -0.25) is 9.59 Å². The van der Waals surface area contributed by atoms with Crippen molar-refractivity contribution in [3.05, 3.63) is 60.2 Å². The molecular weight excluding hydrogens is 356 g/mol. The highest BCUT2D eigenvalue weighted by Gasteiger charge is 2.20. The molecule has 0 bridgehead atoms. The number of anilines is 1. The highest BCUT2D eigenvalue weighted by atomic mass is 32.2. The molecule has 0 aromatic heterocycles. The third kappa shape index (κ3) is 5.60. The summed E-state index contributed by atoms with van der Waals surface area (Å²) in [6.07, 6.45) is 5.64. The lowest BCUT2D eigenvalue weighted by Crippen LogP contribution is -2.36. The van der Waals surface area contributed by atoms with E-state index in [2.05, 4.69) is 10.6 Å². The maximum absolute atomic E-state index is 12.7. The Balaban J connectivity index is 1.64. The summed E-state index contributed by atoms with van der Waals surface area (Å²) in [6, 6.07) is 17.3. The van der Waals surface area contributed by atoms with Gasteiger partial charge in [0, 0.05) is 10.9 Å². The van der Waals surface area contributed by atoms with Crippen LogP contribution in [0.15, 0.2) is 59.5 Å². The van der Waals surface area contributed by atoms with E-state index in [-0.39, 0.29) is 23.1 Å². The van der Waals surface area contributed by atoms with Crippen LogP contribution in [0.4, 0.5) is 5.69 Å². The van der Waals surface area contributed by atoms with Gasteiger partial charge in [0.15, 0.2) is 0 Å². The van der Waals surface area contributed by atoms with Gasteiger partial charge in [0.25, 0.3) is 5.91 Å². The number of nitrogens with one attached hydrogen (secondary N) is 2. The Labute approximate surface area is 165 Å². The van der Waals surface area contributed by atoms with Crippen molar-refractivity contribution in [3.63, 3.8) is 0 Å². The molecule has 0 spiro atoms. The lowest BCUT2D eigenvalue weighted by molar-refractivity contribution is -0.115.